The number of H-pyrrole nitrogens is 1. The Morgan fingerprint density at radius 2 is 2.08 bits per heavy atom. The van der Waals surface area contributed by atoms with Crippen LogP contribution in [0.3, 0.4) is 0 Å². The van der Waals surface area contributed by atoms with Crippen molar-refractivity contribution in [2.75, 3.05) is 13.2 Å². The van der Waals surface area contributed by atoms with E-state index < -0.39 is 6.04 Å². The molecule has 0 aliphatic carbocycles. The molecule has 0 saturated heterocycles. The van der Waals surface area contributed by atoms with Crippen molar-refractivity contribution < 1.29 is 19.1 Å². The monoisotopic (exact) mass is 358 g/mol. The number of nitrogens with one attached hydrogen (secondary N) is 3. The Bertz CT molecular complexity index is 761. The quantitative estimate of drug-likeness (QED) is 0.713. The summed E-state index contributed by atoms with van der Waals surface area (Å²) in [5.41, 5.74) is 1.67. The molecule has 0 saturated carbocycles. The van der Waals surface area contributed by atoms with Gasteiger partial charge in [-0.2, -0.15) is 0 Å². The minimum Gasteiger partial charge on any atom is -0.490 e. The van der Waals surface area contributed by atoms with Crippen molar-refractivity contribution in [1.82, 2.24) is 20.6 Å². The predicted octanol–water partition coefficient (Wildman–Crippen LogP) is 0.935. The summed E-state index contributed by atoms with van der Waals surface area (Å²) in [7, 11) is 0. The third-order valence-corrected chi connectivity index (χ3v) is 3.95. The summed E-state index contributed by atoms with van der Waals surface area (Å²) in [6, 6.07) is 4.92. The molecule has 3 N–H and O–H groups in total. The fourth-order valence-electron chi connectivity index (χ4n) is 2.70. The number of benzene rings is 1. The van der Waals surface area contributed by atoms with E-state index >= 15 is 0 Å². The Labute approximate surface area is 151 Å². The summed E-state index contributed by atoms with van der Waals surface area (Å²) in [5, 5.41) is 5.52. The van der Waals surface area contributed by atoms with Gasteiger partial charge in [0, 0.05) is 38.2 Å². The number of ether oxygens (including phenoxy) is 2. The molecule has 26 heavy (non-hydrogen) atoms. The molecule has 8 heteroatoms. The van der Waals surface area contributed by atoms with Crippen LogP contribution in [0.1, 0.15) is 24.6 Å². The molecule has 1 aromatic heterocycles. The average molecular weight is 358 g/mol. The molecule has 2 amide bonds. The number of amides is 2. The smallest absolute Gasteiger partial charge is 0.243 e. The van der Waals surface area contributed by atoms with E-state index in [9.17, 15) is 9.59 Å². The van der Waals surface area contributed by atoms with E-state index in [1.807, 2.05) is 18.2 Å². The van der Waals surface area contributed by atoms with Crippen molar-refractivity contribution in [1.29, 1.82) is 0 Å². The number of nitrogens with zero attached hydrogens (tertiary/aromatic N) is 1. The maximum Gasteiger partial charge on any atom is 0.243 e. The minimum absolute atomic E-state index is 0.262. The van der Waals surface area contributed by atoms with E-state index in [4.69, 9.17) is 9.47 Å². The highest BCUT2D eigenvalue weighted by Gasteiger charge is 2.20. The van der Waals surface area contributed by atoms with Crippen LogP contribution in [0.25, 0.3) is 0 Å². The summed E-state index contributed by atoms with van der Waals surface area (Å²) in [6.07, 6.45) is 4.35. The number of hydrogen-bond donors (Lipinski definition) is 3. The molecule has 138 valence electrons. The number of imidazole rings is 1. The second-order valence-electron chi connectivity index (χ2n) is 6.08. The summed E-state index contributed by atoms with van der Waals surface area (Å²) >= 11 is 0. The van der Waals surface area contributed by atoms with Gasteiger partial charge in [-0.3, -0.25) is 9.59 Å². The maximum absolute atomic E-state index is 12.5. The molecule has 0 unspecified atom stereocenters. The molecular formula is C18H22N4O4. The van der Waals surface area contributed by atoms with Gasteiger partial charge in [0.15, 0.2) is 11.5 Å². The van der Waals surface area contributed by atoms with Crippen molar-refractivity contribution >= 4 is 11.8 Å². The fraction of sp³-hybridized carbons (Fsp3) is 0.389. The lowest BCUT2D eigenvalue weighted by molar-refractivity contribution is -0.128. The molecule has 0 spiro atoms. The van der Waals surface area contributed by atoms with Crippen LogP contribution in [-0.2, 0) is 22.6 Å². The van der Waals surface area contributed by atoms with E-state index in [-0.39, 0.29) is 11.8 Å². The molecule has 1 aromatic carbocycles. The minimum atomic E-state index is -0.673. The molecule has 3 rings (SSSR count). The van der Waals surface area contributed by atoms with Crippen LogP contribution in [0.5, 0.6) is 11.5 Å². The van der Waals surface area contributed by atoms with Gasteiger partial charge in [-0.05, 0) is 17.7 Å². The number of aromatic amines is 1. The van der Waals surface area contributed by atoms with Crippen LogP contribution in [-0.4, -0.2) is 41.0 Å². The molecule has 0 bridgehead atoms. The zero-order valence-corrected chi connectivity index (χ0v) is 14.6. The summed E-state index contributed by atoms with van der Waals surface area (Å²) in [5.74, 6) is 0.875. The van der Waals surface area contributed by atoms with Gasteiger partial charge < -0.3 is 25.1 Å². The van der Waals surface area contributed by atoms with Crippen LogP contribution in [0.4, 0.5) is 0 Å². The van der Waals surface area contributed by atoms with E-state index in [1.165, 1.54) is 13.3 Å². The van der Waals surface area contributed by atoms with Crippen LogP contribution in [0.2, 0.25) is 0 Å². The number of hydrogen-bond acceptors (Lipinski definition) is 5. The Balaban J connectivity index is 1.62. The number of rotatable bonds is 6. The highest BCUT2D eigenvalue weighted by Crippen LogP contribution is 2.30. The summed E-state index contributed by atoms with van der Waals surface area (Å²) in [4.78, 5) is 30.8. The zero-order chi connectivity index (χ0) is 18.4. The van der Waals surface area contributed by atoms with Gasteiger partial charge in [-0.1, -0.05) is 6.07 Å². The Hall–Kier alpha value is -3.03. The first-order chi connectivity index (χ1) is 12.6. The maximum atomic E-state index is 12.5. The van der Waals surface area contributed by atoms with E-state index in [0.717, 1.165) is 17.7 Å². The third-order valence-electron chi connectivity index (χ3n) is 3.95. The summed E-state index contributed by atoms with van der Waals surface area (Å²) < 4.78 is 11.3. The average Bonchev–Trinajstić information content (AvgIpc) is 3.01. The van der Waals surface area contributed by atoms with Gasteiger partial charge in [0.05, 0.1) is 19.5 Å². The lowest BCUT2D eigenvalue weighted by Crippen LogP contribution is -2.47. The van der Waals surface area contributed by atoms with Crippen LogP contribution >= 0.6 is 0 Å². The molecule has 0 fully saturated rings. The van der Waals surface area contributed by atoms with Crippen molar-refractivity contribution in [3.05, 3.63) is 42.0 Å². The van der Waals surface area contributed by atoms with Crippen molar-refractivity contribution in [2.24, 2.45) is 0 Å². The van der Waals surface area contributed by atoms with Crippen molar-refractivity contribution in [2.45, 2.75) is 32.4 Å². The van der Waals surface area contributed by atoms with Crippen molar-refractivity contribution in [3.8, 4) is 11.5 Å². The molecule has 2 heterocycles. The Morgan fingerprint density at radius 3 is 2.81 bits per heavy atom. The predicted molar refractivity (Wildman–Crippen MR) is 93.8 cm³/mol. The lowest BCUT2D eigenvalue weighted by Gasteiger charge is -2.17. The molecule has 1 atom stereocenters. The molecule has 1 aliphatic heterocycles. The van der Waals surface area contributed by atoms with Crippen LogP contribution in [0.15, 0.2) is 30.7 Å². The Morgan fingerprint density at radius 1 is 1.27 bits per heavy atom. The fourth-order valence-corrected chi connectivity index (χ4v) is 2.70. The van der Waals surface area contributed by atoms with Crippen LogP contribution in [0, 0.1) is 0 Å². The molecular weight excluding hydrogens is 336 g/mol. The standard InChI is InChI=1S/C18H22N4O4/c1-12(23)22-15(8-14-10-19-11-21-14)18(24)20-9-13-3-4-16-17(7-13)26-6-2-5-25-16/h3-4,7,10-11,15H,2,5-6,8-9H2,1H3,(H,19,21)(H,20,24)(H,22,23)/t15-/m0/s1. The van der Waals surface area contributed by atoms with E-state index in [2.05, 4.69) is 20.6 Å². The normalized spacial score (nSPS) is 14.2. The van der Waals surface area contributed by atoms with Gasteiger partial charge in [0.25, 0.3) is 0 Å². The van der Waals surface area contributed by atoms with E-state index in [0.29, 0.717) is 37.7 Å². The van der Waals surface area contributed by atoms with E-state index in [1.54, 1.807) is 6.20 Å². The third kappa shape index (κ3) is 4.75. The van der Waals surface area contributed by atoms with Gasteiger partial charge in [0.2, 0.25) is 11.8 Å². The lowest BCUT2D eigenvalue weighted by atomic mass is 10.1. The van der Waals surface area contributed by atoms with Gasteiger partial charge in [-0.25, -0.2) is 4.98 Å². The Kier molecular flexibility index (Phi) is 5.73. The molecule has 0 radical (unpaired) electrons. The van der Waals surface area contributed by atoms with Gasteiger partial charge in [0.1, 0.15) is 6.04 Å². The number of fused-ring (bicyclic) bond motifs is 1. The zero-order valence-electron chi connectivity index (χ0n) is 14.6. The van der Waals surface area contributed by atoms with Crippen molar-refractivity contribution in [3.63, 3.8) is 0 Å². The second-order valence-corrected chi connectivity index (χ2v) is 6.08. The molecule has 2 aromatic rings. The first-order valence-corrected chi connectivity index (χ1v) is 8.52. The topological polar surface area (TPSA) is 105 Å². The first-order valence-electron chi connectivity index (χ1n) is 8.52. The highest BCUT2D eigenvalue weighted by molar-refractivity contribution is 5.87. The number of carbonyl (C=O) groups excluding carboxylic acids is 2. The van der Waals surface area contributed by atoms with Crippen LogP contribution < -0.4 is 20.1 Å². The van der Waals surface area contributed by atoms with Gasteiger partial charge in [-0.15, -0.1) is 0 Å². The molecule has 8 nitrogen and oxygen atoms in total. The first kappa shape index (κ1) is 17.8. The van der Waals surface area contributed by atoms with Gasteiger partial charge >= 0.3 is 0 Å². The number of carbonyl (C=O) groups is 2. The SMILES string of the molecule is CC(=O)N[C@@H](Cc1cnc[nH]1)C(=O)NCc1ccc2c(c1)OCCCO2. The second kappa shape index (κ2) is 8.37. The summed E-state index contributed by atoms with van der Waals surface area (Å²) in [6.45, 7) is 2.96. The highest BCUT2D eigenvalue weighted by atomic mass is 16.5. The number of aromatic nitrogens is 2. The molecule has 1 aliphatic rings. The largest absolute Gasteiger partial charge is 0.490 e.